The number of nitrogens with zero attached hydrogens (tertiary/aromatic N) is 5. The van der Waals surface area contributed by atoms with E-state index >= 15 is 0 Å². The summed E-state index contributed by atoms with van der Waals surface area (Å²) < 4.78 is 2.04. The molecule has 1 aromatic rings. The van der Waals surface area contributed by atoms with E-state index in [0.29, 0.717) is 6.42 Å². The van der Waals surface area contributed by atoms with Crippen LogP contribution in [0.1, 0.15) is 32.5 Å². The topological polar surface area (TPSA) is 87.4 Å². The van der Waals surface area contributed by atoms with Gasteiger partial charge in [0.25, 0.3) is 0 Å². The number of rotatable bonds is 6. The van der Waals surface area contributed by atoms with Crippen LogP contribution in [-0.2, 0) is 17.8 Å². The summed E-state index contributed by atoms with van der Waals surface area (Å²) in [4.78, 5) is 17.9. The van der Waals surface area contributed by atoms with Crippen molar-refractivity contribution in [1.82, 2.24) is 30.3 Å². The zero-order valence-electron chi connectivity index (χ0n) is 14.7. The molecule has 24 heavy (non-hydrogen) atoms. The molecule has 1 saturated heterocycles. The summed E-state index contributed by atoms with van der Waals surface area (Å²) in [5, 5.41) is 14.7. The van der Waals surface area contributed by atoms with Crippen molar-refractivity contribution < 1.29 is 4.79 Å². The van der Waals surface area contributed by atoms with Crippen molar-refractivity contribution in [2.75, 3.05) is 26.7 Å². The van der Waals surface area contributed by atoms with Gasteiger partial charge in [0, 0.05) is 52.1 Å². The summed E-state index contributed by atoms with van der Waals surface area (Å²) in [5.74, 6) is 1.98. The molecule has 8 nitrogen and oxygen atoms in total. The van der Waals surface area contributed by atoms with E-state index in [1.165, 1.54) is 0 Å². The van der Waals surface area contributed by atoms with Crippen molar-refractivity contribution in [3.63, 3.8) is 0 Å². The Labute approximate surface area is 160 Å². The monoisotopic (exact) mass is 449 g/mol. The number of aryl methyl sites for hydroxylation is 1. The molecule has 2 heterocycles. The lowest BCUT2D eigenvalue weighted by Crippen LogP contribution is -2.45. The number of amides is 1. The highest BCUT2D eigenvalue weighted by molar-refractivity contribution is 14.0. The van der Waals surface area contributed by atoms with Crippen LogP contribution in [0.4, 0.5) is 0 Å². The predicted molar refractivity (Wildman–Crippen MR) is 105 cm³/mol. The molecule has 9 heteroatoms. The molecule has 2 rings (SSSR count). The molecule has 0 aliphatic carbocycles. The Bertz CT molecular complexity index is 546. The molecule has 1 unspecified atom stereocenters. The van der Waals surface area contributed by atoms with Crippen molar-refractivity contribution in [3.05, 3.63) is 12.2 Å². The van der Waals surface area contributed by atoms with Crippen LogP contribution in [0.25, 0.3) is 0 Å². The van der Waals surface area contributed by atoms with Crippen molar-refractivity contribution in [2.24, 2.45) is 4.99 Å². The van der Waals surface area contributed by atoms with Crippen LogP contribution in [0.2, 0.25) is 0 Å². The molecule has 2 N–H and O–H groups in total. The minimum atomic E-state index is 0. The van der Waals surface area contributed by atoms with Crippen LogP contribution in [-0.4, -0.2) is 64.3 Å². The normalized spacial score (nSPS) is 17.5. The van der Waals surface area contributed by atoms with Gasteiger partial charge in [-0.05, 0) is 6.42 Å². The highest BCUT2D eigenvalue weighted by Crippen LogP contribution is 2.10. The summed E-state index contributed by atoms with van der Waals surface area (Å²) in [6, 6.07) is 0.262. The van der Waals surface area contributed by atoms with E-state index in [4.69, 9.17) is 0 Å². The molecule has 136 valence electrons. The lowest BCUT2D eigenvalue weighted by atomic mass is 10.3. The van der Waals surface area contributed by atoms with E-state index in [-0.39, 0.29) is 35.9 Å². The number of aliphatic imine (C=N–C) groups is 1. The first-order valence-electron chi connectivity index (χ1n) is 8.29. The third kappa shape index (κ3) is 5.60. The van der Waals surface area contributed by atoms with E-state index < -0.39 is 0 Å². The number of likely N-dealkylation sites (tertiary alicyclic amines) is 1. The first-order chi connectivity index (χ1) is 11.2. The van der Waals surface area contributed by atoms with E-state index in [1.807, 2.05) is 16.4 Å². The molecular formula is C15H28IN7O. The summed E-state index contributed by atoms with van der Waals surface area (Å²) in [6.45, 7) is 7.08. The Morgan fingerprint density at radius 3 is 2.92 bits per heavy atom. The summed E-state index contributed by atoms with van der Waals surface area (Å²) in [6.07, 6.45) is 4.15. The highest BCUT2D eigenvalue weighted by atomic mass is 127. The number of hydrogen-bond donors (Lipinski definition) is 2. The average molecular weight is 449 g/mol. The third-order valence-electron chi connectivity index (χ3n) is 4.06. The number of carbonyl (C=O) groups excluding carboxylic acids is 1. The van der Waals surface area contributed by atoms with E-state index in [9.17, 15) is 4.79 Å². The Hall–Kier alpha value is -1.39. The lowest BCUT2D eigenvalue weighted by molar-refractivity contribution is -0.129. The van der Waals surface area contributed by atoms with E-state index in [2.05, 4.69) is 32.7 Å². The number of nitrogens with one attached hydrogen (secondary N) is 2. The first kappa shape index (κ1) is 20.7. The first-order valence-corrected chi connectivity index (χ1v) is 8.29. The molecule has 1 aromatic heterocycles. The fourth-order valence-corrected chi connectivity index (χ4v) is 2.75. The van der Waals surface area contributed by atoms with E-state index in [1.54, 1.807) is 13.4 Å². The Morgan fingerprint density at radius 2 is 2.25 bits per heavy atom. The molecule has 1 aliphatic heterocycles. The van der Waals surface area contributed by atoms with Gasteiger partial charge in [0.1, 0.15) is 12.2 Å². The molecule has 0 aromatic carbocycles. The van der Waals surface area contributed by atoms with Gasteiger partial charge in [-0.1, -0.05) is 13.8 Å². The Morgan fingerprint density at radius 1 is 1.46 bits per heavy atom. The minimum absolute atomic E-state index is 0. The maximum atomic E-state index is 11.7. The smallest absolute Gasteiger partial charge is 0.222 e. The molecule has 0 spiro atoms. The molecule has 0 saturated carbocycles. The van der Waals surface area contributed by atoms with Gasteiger partial charge < -0.3 is 20.1 Å². The van der Waals surface area contributed by atoms with Gasteiger partial charge in [0.2, 0.25) is 5.91 Å². The van der Waals surface area contributed by atoms with Crippen molar-refractivity contribution in [1.29, 1.82) is 0 Å². The maximum Gasteiger partial charge on any atom is 0.222 e. The lowest BCUT2D eigenvalue weighted by Gasteiger charge is -2.19. The van der Waals surface area contributed by atoms with Crippen LogP contribution >= 0.6 is 24.0 Å². The fraction of sp³-hybridized carbons (Fsp3) is 0.733. The predicted octanol–water partition coefficient (Wildman–Crippen LogP) is 0.634. The molecule has 0 radical (unpaired) electrons. The number of guanidine groups is 1. The van der Waals surface area contributed by atoms with Crippen molar-refractivity contribution in [3.8, 4) is 0 Å². The van der Waals surface area contributed by atoms with Crippen LogP contribution in [0, 0.1) is 0 Å². The van der Waals surface area contributed by atoms with Gasteiger partial charge in [-0.15, -0.1) is 34.2 Å². The number of halogens is 1. The highest BCUT2D eigenvalue weighted by Gasteiger charge is 2.25. The van der Waals surface area contributed by atoms with Crippen LogP contribution in [0.3, 0.4) is 0 Å². The molecule has 0 bridgehead atoms. The SMILES string of the molecule is CCC(=O)N1CCC(NC(=NC)NCCn2cnnc2CC)C1.I. The van der Waals surface area contributed by atoms with Gasteiger partial charge in [0.15, 0.2) is 5.96 Å². The largest absolute Gasteiger partial charge is 0.355 e. The fourth-order valence-electron chi connectivity index (χ4n) is 2.75. The molecule has 1 atom stereocenters. The quantitative estimate of drug-likeness (QED) is 0.378. The second kappa shape index (κ2) is 10.5. The number of aromatic nitrogens is 3. The van der Waals surface area contributed by atoms with Crippen LogP contribution in [0.5, 0.6) is 0 Å². The molecular weight excluding hydrogens is 421 g/mol. The van der Waals surface area contributed by atoms with Crippen molar-refractivity contribution in [2.45, 2.75) is 45.7 Å². The number of carbonyl (C=O) groups is 1. The zero-order chi connectivity index (χ0) is 16.7. The Balaban J connectivity index is 0.00000288. The zero-order valence-corrected chi connectivity index (χ0v) is 17.0. The molecule has 1 amide bonds. The second-order valence-corrected chi connectivity index (χ2v) is 5.62. The Kier molecular flexibility index (Phi) is 9.01. The van der Waals surface area contributed by atoms with Gasteiger partial charge in [-0.25, -0.2) is 0 Å². The van der Waals surface area contributed by atoms with Gasteiger partial charge >= 0.3 is 0 Å². The summed E-state index contributed by atoms with van der Waals surface area (Å²) >= 11 is 0. The van der Waals surface area contributed by atoms with Crippen molar-refractivity contribution >= 4 is 35.8 Å². The van der Waals surface area contributed by atoms with Gasteiger partial charge in [-0.3, -0.25) is 9.79 Å². The summed E-state index contributed by atoms with van der Waals surface area (Å²) in [5.41, 5.74) is 0. The maximum absolute atomic E-state index is 11.7. The standard InChI is InChI=1S/C15H27N7O.HI/c1-4-13-20-18-11-22(13)9-7-17-15(16-3)19-12-6-8-21(10-12)14(23)5-2;/h11-12H,4-10H2,1-3H3,(H2,16,17,19);1H. The van der Waals surface area contributed by atoms with Crippen LogP contribution in [0.15, 0.2) is 11.3 Å². The summed E-state index contributed by atoms with van der Waals surface area (Å²) in [7, 11) is 1.76. The number of hydrogen-bond acceptors (Lipinski definition) is 4. The average Bonchev–Trinajstić information content (AvgIpc) is 3.22. The minimum Gasteiger partial charge on any atom is -0.355 e. The third-order valence-corrected chi connectivity index (χ3v) is 4.06. The van der Waals surface area contributed by atoms with Crippen LogP contribution < -0.4 is 10.6 Å². The van der Waals surface area contributed by atoms with Gasteiger partial charge in [0.05, 0.1) is 0 Å². The van der Waals surface area contributed by atoms with E-state index in [0.717, 1.165) is 50.8 Å². The van der Waals surface area contributed by atoms with Gasteiger partial charge in [-0.2, -0.15) is 0 Å². The molecule has 1 fully saturated rings. The molecule has 1 aliphatic rings. The second-order valence-electron chi connectivity index (χ2n) is 5.62.